The fourth-order valence-corrected chi connectivity index (χ4v) is 2.00. The lowest BCUT2D eigenvalue weighted by Gasteiger charge is -2.28. The second-order valence-corrected chi connectivity index (χ2v) is 5.18. The molecule has 1 heterocycles. The standard InChI is InChI=1S/C15H24N4/c1-4-9-18-15(2,12-16)13-19(3)11-8-14-7-5-6-10-17-14/h5-7,10,18H,4,8-9,11,13H2,1-3H3. The quantitative estimate of drug-likeness (QED) is 0.775. The van der Waals surface area contributed by atoms with Crippen molar-refractivity contribution in [2.24, 2.45) is 0 Å². The highest BCUT2D eigenvalue weighted by Crippen LogP contribution is 2.05. The zero-order chi connectivity index (χ0) is 14.1. The van der Waals surface area contributed by atoms with Gasteiger partial charge in [-0.3, -0.25) is 10.3 Å². The third kappa shape index (κ3) is 5.82. The molecule has 0 aromatic carbocycles. The van der Waals surface area contributed by atoms with Crippen LogP contribution in [-0.2, 0) is 6.42 Å². The monoisotopic (exact) mass is 260 g/mol. The first-order chi connectivity index (χ1) is 9.09. The molecule has 1 rings (SSSR count). The summed E-state index contributed by atoms with van der Waals surface area (Å²) in [7, 11) is 2.05. The van der Waals surface area contributed by atoms with Crippen molar-refractivity contribution in [2.75, 3.05) is 26.7 Å². The van der Waals surface area contributed by atoms with Crippen LogP contribution in [0.4, 0.5) is 0 Å². The molecule has 0 fully saturated rings. The lowest BCUT2D eigenvalue weighted by molar-refractivity contribution is 0.262. The summed E-state index contributed by atoms with van der Waals surface area (Å²) in [6.07, 6.45) is 3.76. The maximum atomic E-state index is 9.29. The summed E-state index contributed by atoms with van der Waals surface area (Å²) < 4.78 is 0. The summed E-state index contributed by atoms with van der Waals surface area (Å²) in [4.78, 5) is 6.49. The van der Waals surface area contributed by atoms with Crippen LogP contribution in [0.5, 0.6) is 0 Å². The molecule has 0 saturated carbocycles. The van der Waals surface area contributed by atoms with Gasteiger partial charge in [0.15, 0.2) is 0 Å². The predicted molar refractivity (Wildman–Crippen MR) is 77.7 cm³/mol. The van der Waals surface area contributed by atoms with Gasteiger partial charge in [0.2, 0.25) is 0 Å². The van der Waals surface area contributed by atoms with E-state index in [4.69, 9.17) is 0 Å². The molecule has 1 unspecified atom stereocenters. The molecule has 0 spiro atoms. The Bertz CT molecular complexity index is 398. The molecular formula is C15H24N4. The smallest absolute Gasteiger partial charge is 0.116 e. The van der Waals surface area contributed by atoms with Gasteiger partial charge in [-0.15, -0.1) is 0 Å². The Balaban J connectivity index is 2.41. The summed E-state index contributed by atoms with van der Waals surface area (Å²) in [6, 6.07) is 8.34. The number of hydrogen-bond donors (Lipinski definition) is 1. The van der Waals surface area contributed by atoms with E-state index in [2.05, 4.69) is 28.2 Å². The topological polar surface area (TPSA) is 52.0 Å². The number of nitrogens with one attached hydrogen (secondary N) is 1. The van der Waals surface area contributed by atoms with Crippen molar-refractivity contribution >= 4 is 0 Å². The van der Waals surface area contributed by atoms with Crippen molar-refractivity contribution in [3.05, 3.63) is 30.1 Å². The molecule has 0 bridgehead atoms. The number of rotatable bonds is 8. The second kappa shape index (κ2) is 7.88. The number of aromatic nitrogens is 1. The molecule has 1 atom stereocenters. The van der Waals surface area contributed by atoms with E-state index in [-0.39, 0.29) is 0 Å². The van der Waals surface area contributed by atoms with Crippen LogP contribution in [-0.4, -0.2) is 42.1 Å². The molecule has 1 N–H and O–H groups in total. The zero-order valence-corrected chi connectivity index (χ0v) is 12.2. The third-order valence-electron chi connectivity index (χ3n) is 3.07. The normalized spacial score (nSPS) is 14.1. The van der Waals surface area contributed by atoms with Crippen LogP contribution in [0.15, 0.2) is 24.4 Å². The highest BCUT2D eigenvalue weighted by Gasteiger charge is 2.24. The van der Waals surface area contributed by atoms with E-state index >= 15 is 0 Å². The van der Waals surface area contributed by atoms with Crippen molar-refractivity contribution < 1.29 is 0 Å². The number of hydrogen-bond acceptors (Lipinski definition) is 4. The molecule has 0 amide bonds. The van der Waals surface area contributed by atoms with Crippen molar-refractivity contribution in [2.45, 2.75) is 32.2 Å². The van der Waals surface area contributed by atoms with Gasteiger partial charge < -0.3 is 4.90 Å². The Morgan fingerprint density at radius 2 is 2.26 bits per heavy atom. The molecule has 0 aliphatic carbocycles. The fraction of sp³-hybridized carbons (Fsp3) is 0.600. The van der Waals surface area contributed by atoms with E-state index in [1.807, 2.05) is 38.4 Å². The van der Waals surface area contributed by atoms with Crippen LogP contribution in [0.25, 0.3) is 0 Å². The Morgan fingerprint density at radius 3 is 2.84 bits per heavy atom. The van der Waals surface area contributed by atoms with Crippen molar-refractivity contribution in [1.29, 1.82) is 5.26 Å². The van der Waals surface area contributed by atoms with Gasteiger partial charge in [0, 0.05) is 31.4 Å². The lowest BCUT2D eigenvalue weighted by Crippen LogP contribution is -2.50. The summed E-state index contributed by atoms with van der Waals surface area (Å²) in [5.74, 6) is 0. The summed E-state index contributed by atoms with van der Waals surface area (Å²) >= 11 is 0. The Labute approximate surface area is 116 Å². The first kappa shape index (κ1) is 15.6. The molecule has 1 aromatic heterocycles. The number of likely N-dealkylation sites (N-methyl/N-ethyl adjacent to an activating group) is 1. The average Bonchev–Trinajstić information content (AvgIpc) is 2.44. The maximum absolute atomic E-state index is 9.29. The number of pyridine rings is 1. The minimum Gasteiger partial charge on any atom is -0.303 e. The zero-order valence-electron chi connectivity index (χ0n) is 12.2. The first-order valence-corrected chi connectivity index (χ1v) is 6.84. The lowest BCUT2D eigenvalue weighted by atomic mass is 10.0. The Kier molecular flexibility index (Phi) is 6.48. The van der Waals surface area contributed by atoms with Crippen LogP contribution in [0, 0.1) is 11.3 Å². The summed E-state index contributed by atoms with van der Waals surface area (Å²) in [6.45, 7) is 6.56. The van der Waals surface area contributed by atoms with Gasteiger partial charge >= 0.3 is 0 Å². The van der Waals surface area contributed by atoms with Gasteiger partial charge in [-0.2, -0.15) is 5.26 Å². The van der Waals surface area contributed by atoms with E-state index in [0.29, 0.717) is 0 Å². The first-order valence-electron chi connectivity index (χ1n) is 6.84. The molecule has 0 aliphatic rings. The van der Waals surface area contributed by atoms with E-state index in [1.165, 1.54) is 0 Å². The molecular weight excluding hydrogens is 236 g/mol. The van der Waals surface area contributed by atoms with Crippen molar-refractivity contribution in [1.82, 2.24) is 15.2 Å². The van der Waals surface area contributed by atoms with Crippen molar-refractivity contribution in [3.8, 4) is 6.07 Å². The van der Waals surface area contributed by atoms with Gasteiger partial charge in [-0.1, -0.05) is 13.0 Å². The fourth-order valence-electron chi connectivity index (χ4n) is 2.00. The molecule has 104 valence electrons. The Morgan fingerprint density at radius 1 is 1.47 bits per heavy atom. The molecule has 4 heteroatoms. The molecule has 1 aromatic rings. The van der Waals surface area contributed by atoms with E-state index < -0.39 is 5.54 Å². The average molecular weight is 260 g/mol. The van der Waals surface area contributed by atoms with Crippen LogP contribution in [0.3, 0.4) is 0 Å². The van der Waals surface area contributed by atoms with Gasteiger partial charge in [0.25, 0.3) is 0 Å². The van der Waals surface area contributed by atoms with Crippen molar-refractivity contribution in [3.63, 3.8) is 0 Å². The molecule has 0 aliphatic heterocycles. The third-order valence-corrected chi connectivity index (χ3v) is 3.07. The van der Waals surface area contributed by atoms with Gasteiger partial charge in [0.05, 0.1) is 6.07 Å². The van der Waals surface area contributed by atoms with Gasteiger partial charge in [-0.05, 0) is 39.1 Å². The molecule has 0 saturated heterocycles. The van der Waals surface area contributed by atoms with Gasteiger partial charge in [0.1, 0.15) is 5.54 Å². The minimum absolute atomic E-state index is 0.477. The van der Waals surface area contributed by atoms with Crippen LogP contribution < -0.4 is 5.32 Å². The van der Waals surface area contributed by atoms with E-state index in [0.717, 1.165) is 38.2 Å². The predicted octanol–water partition coefficient (Wildman–Crippen LogP) is 1.84. The highest BCUT2D eigenvalue weighted by molar-refractivity contribution is 5.06. The highest BCUT2D eigenvalue weighted by atomic mass is 15.1. The maximum Gasteiger partial charge on any atom is 0.116 e. The largest absolute Gasteiger partial charge is 0.303 e. The van der Waals surface area contributed by atoms with Crippen LogP contribution >= 0.6 is 0 Å². The van der Waals surface area contributed by atoms with Crippen LogP contribution in [0.2, 0.25) is 0 Å². The molecule has 0 radical (unpaired) electrons. The number of nitriles is 1. The SMILES string of the molecule is CCCNC(C)(C#N)CN(C)CCc1ccccn1. The summed E-state index contributed by atoms with van der Waals surface area (Å²) in [5.41, 5.74) is 0.615. The van der Waals surface area contributed by atoms with E-state index in [9.17, 15) is 5.26 Å². The number of nitrogens with zero attached hydrogens (tertiary/aromatic N) is 3. The van der Waals surface area contributed by atoms with Crippen LogP contribution in [0.1, 0.15) is 26.0 Å². The Hall–Kier alpha value is -1.44. The minimum atomic E-state index is -0.477. The molecule has 4 nitrogen and oxygen atoms in total. The second-order valence-electron chi connectivity index (χ2n) is 5.18. The summed E-state index contributed by atoms with van der Waals surface area (Å²) in [5, 5.41) is 12.6. The van der Waals surface area contributed by atoms with Gasteiger partial charge in [-0.25, -0.2) is 0 Å². The van der Waals surface area contributed by atoms with E-state index in [1.54, 1.807) is 0 Å². The molecule has 19 heavy (non-hydrogen) atoms.